The molecule has 0 amide bonds. The Hall–Kier alpha value is -0.410. The lowest BCUT2D eigenvalue weighted by molar-refractivity contribution is 0.506. The van der Waals surface area contributed by atoms with Gasteiger partial charge >= 0.3 is 0 Å². The molecule has 0 saturated carbocycles. The second-order valence-corrected chi connectivity index (χ2v) is 5.11. The minimum Gasteiger partial charge on any atom is -0.324 e. The third-order valence-corrected chi connectivity index (χ3v) is 3.03. The summed E-state index contributed by atoms with van der Waals surface area (Å²) < 4.78 is 13.5. The first-order chi connectivity index (χ1) is 7.00. The Kier molecular flexibility index (Phi) is 4.74. The number of hydrogen-bond acceptors (Lipinski definition) is 1. The van der Waals surface area contributed by atoms with Crippen molar-refractivity contribution in [2.24, 2.45) is 11.7 Å². The Morgan fingerprint density at radius 1 is 1.33 bits per heavy atom. The molecule has 0 aliphatic heterocycles. The van der Waals surface area contributed by atoms with Gasteiger partial charge in [-0.1, -0.05) is 19.9 Å². The second-order valence-electron chi connectivity index (χ2n) is 4.25. The topological polar surface area (TPSA) is 26.0 Å². The van der Waals surface area contributed by atoms with Gasteiger partial charge in [-0.25, -0.2) is 4.39 Å². The highest BCUT2D eigenvalue weighted by Gasteiger charge is 2.09. The zero-order chi connectivity index (χ0) is 11.4. The molecule has 3 heteroatoms. The normalized spacial score (nSPS) is 13.2. The largest absolute Gasteiger partial charge is 0.324 e. The van der Waals surface area contributed by atoms with Crippen molar-refractivity contribution in [2.45, 2.75) is 32.7 Å². The average Bonchev–Trinajstić information content (AvgIpc) is 2.18. The fourth-order valence-corrected chi connectivity index (χ4v) is 1.82. The number of nitrogens with two attached hydrogens (primary N) is 1. The molecule has 0 fully saturated rings. The number of rotatable bonds is 4. The molecule has 0 aliphatic carbocycles. The van der Waals surface area contributed by atoms with Crippen molar-refractivity contribution in [3.63, 3.8) is 0 Å². The molecule has 1 nitrogen and oxygen atoms in total. The molecule has 1 atom stereocenters. The summed E-state index contributed by atoms with van der Waals surface area (Å²) in [4.78, 5) is 0. The van der Waals surface area contributed by atoms with Crippen LogP contribution in [-0.2, 0) is 0 Å². The van der Waals surface area contributed by atoms with E-state index in [1.54, 1.807) is 12.1 Å². The molecule has 0 bridgehead atoms. The smallest absolute Gasteiger partial charge is 0.137 e. The Morgan fingerprint density at radius 3 is 2.53 bits per heavy atom. The standard InChI is InChI=1S/C12H17BrFN/c1-8(2)3-6-12(15)9-4-5-11(14)10(13)7-9/h4-5,7-8,12H,3,6,15H2,1-2H3. The molecule has 84 valence electrons. The SMILES string of the molecule is CC(C)CCC(N)c1ccc(F)c(Br)c1. The minimum absolute atomic E-state index is 0.00398. The van der Waals surface area contributed by atoms with Crippen molar-refractivity contribution < 1.29 is 4.39 Å². The van der Waals surface area contributed by atoms with Gasteiger partial charge in [-0.2, -0.15) is 0 Å². The Balaban J connectivity index is 2.65. The van der Waals surface area contributed by atoms with Crippen molar-refractivity contribution in [2.75, 3.05) is 0 Å². The molecule has 1 rings (SSSR count). The van der Waals surface area contributed by atoms with Crippen molar-refractivity contribution in [3.8, 4) is 0 Å². The van der Waals surface area contributed by atoms with Crippen LogP contribution in [0.5, 0.6) is 0 Å². The molecule has 2 N–H and O–H groups in total. The van der Waals surface area contributed by atoms with Crippen LogP contribution < -0.4 is 5.73 Å². The molecular weight excluding hydrogens is 257 g/mol. The fraction of sp³-hybridized carbons (Fsp3) is 0.500. The van der Waals surface area contributed by atoms with Gasteiger partial charge in [0.1, 0.15) is 5.82 Å². The second kappa shape index (κ2) is 5.61. The van der Waals surface area contributed by atoms with Crippen LogP contribution in [0.1, 0.15) is 38.3 Å². The molecule has 0 radical (unpaired) electrons. The lowest BCUT2D eigenvalue weighted by Gasteiger charge is -2.13. The maximum absolute atomic E-state index is 13.0. The van der Waals surface area contributed by atoms with Crippen LogP contribution in [-0.4, -0.2) is 0 Å². The first-order valence-electron chi connectivity index (χ1n) is 5.21. The number of halogens is 2. The van der Waals surface area contributed by atoms with Crippen molar-refractivity contribution >= 4 is 15.9 Å². The van der Waals surface area contributed by atoms with Crippen LogP contribution in [0.25, 0.3) is 0 Å². The molecule has 0 heterocycles. The van der Waals surface area contributed by atoms with Gasteiger partial charge in [0, 0.05) is 6.04 Å². The van der Waals surface area contributed by atoms with E-state index in [-0.39, 0.29) is 11.9 Å². The van der Waals surface area contributed by atoms with E-state index in [1.807, 2.05) is 0 Å². The average molecular weight is 274 g/mol. The first-order valence-corrected chi connectivity index (χ1v) is 6.00. The maximum atomic E-state index is 13.0. The summed E-state index contributed by atoms with van der Waals surface area (Å²) in [5, 5.41) is 0. The molecular formula is C12H17BrFN. The molecule has 0 aliphatic rings. The Bertz CT molecular complexity index is 325. The monoisotopic (exact) mass is 273 g/mol. The van der Waals surface area contributed by atoms with Gasteiger partial charge in [-0.3, -0.25) is 0 Å². The van der Waals surface area contributed by atoms with Gasteiger partial charge in [0.25, 0.3) is 0 Å². The third-order valence-electron chi connectivity index (χ3n) is 2.43. The van der Waals surface area contributed by atoms with E-state index in [9.17, 15) is 4.39 Å². The van der Waals surface area contributed by atoms with E-state index < -0.39 is 0 Å². The molecule has 0 spiro atoms. The van der Waals surface area contributed by atoms with Crippen molar-refractivity contribution in [1.82, 2.24) is 0 Å². The summed E-state index contributed by atoms with van der Waals surface area (Å²) in [6.07, 6.45) is 2.03. The Labute approximate surface area is 99.0 Å². The summed E-state index contributed by atoms with van der Waals surface area (Å²) in [6.45, 7) is 4.35. The van der Waals surface area contributed by atoms with Gasteiger partial charge in [0.2, 0.25) is 0 Å². The van der Waals surface area contributed by atoms with Gasteiger partial charge in [0.15, 0.2) is 0 Å². The van der Waals surface area contributed by atoms with Crippen molar-refractivity contribution in [1.29, 1.82) is 0 Å². The number of benzene rings is 1. The molecule has 1 aromatic rings. The van der Waals surface area contributed by atoms with Crippen LogP contribution in [0.15, 0.2) is 22.7 Å². The first kappa shape index (κ1) is 12.7. The zero-order valence-corrected chi connectivity index (χ0v) is 10.7. The maximum Gasteiger partial charge on any atom is 0.137 e. The fourth-order valence-electron chi connectivity index (χ4n) is 1.42. The van der Waals surface area contributed by atoms with E-state index in [4.69, 9.17) is 5.73 Å². The van der Waals surface area contributed by atoms with E-state index in [0.29, 0.717) is 10.4 Å². The van der Waals surface area contributed by atoms with E-state index in [0.717, 1.165) is 18.4 Å². The van der Waals surface area contributed by atoms with Crippen LogP contribution in [0, 0.1) is 11.7 Å². The quantitative estimate of drug-likeness (QED) is 0.881. The highest BCUT2D eigenvalue weighted by atomic mass is 79.9. The summed E-state index contributed by atoms with van der Waals surface area (Å²) in [5.41, 5.74) is 7.01. The van der Waals surface area contributed by atoms with Crippen LogP contribution in [0.4, 0.5) is 4.39 Å². The minimum atomic E-state index is -0.241. The van der Waals surface area contributed by atoms with E-state index >= 15 is 0 Å². The predicted molar refractivity (Wildman–Crippen MR) is 65.1 cm³/mol. The van der Waals surface area contributed by atoms with Gasteiger partial charge in [-0.05, 0) is 52.4 Å². The summed E-state index contributed by atoms with van der Waals surface area (Å²) in [5.74, 6) is 0.412. The van der Waals surface area contributed by atoms with Gasteiger partial charge in [0.05, 0.1) is 4.47 Å². The molecule has 0 saturated heterocycles. The molecule has 15 heavy (non-hydrogen) atoms. The van der Waals surface area contributed by atoms with Gasteiger partial charge < -0.3 is 5.73 Å². The van der Waals surface area contributed by atoms with E-state index in [1.165, 1.54) is 6.07 Å². The number of hydrogen-bond donors (Lipinski definition) is 1. The summed E-state index contributed by atoms with van der Waals surface area (Å²) in [7, 11) is 0. The zero-order valence-electron chi connectivity index (χ0n) is 9.13. The summed E-state index contributed by atoms with van der Waals surface area (Å²) >= 11 is 3.16. The third kappa shape index (κ3) is 3.92. The molecule has 1 unspecified atom stereocenters. The van der Waals surface area contributed by atoms with Gasteiger partial charge in [-0.15, -0.1) is 0 Å². The lowest BCUT2D eigenvalue weighted by Crippen LogP contribution is -2.11. The molecule has 1 aromatic carbocycles. The highest BCUT2D eigenvalue weighted by molar-refractivity contribution is 9.10. The highest BCUT2D eigenvalue weighted by Crippen LogP contribution is 2.23. The Morgan fingerprint density at radius 2 is 2.00 bits per heavy atom. The van der Waals surface area contributed by atoms with Crippen LogP contribution in [0.3, 0.4) is 0 Å². The van der Waals surface area contributed by atoms with E-state index in [2.05, 4.69) is 29.8 Å². The predicted octanol–water partition coefficient (Wildman–Crippen LogP) is 4.02. The molecule has 0 aromatic heterocycles. The lowest BCUT2D eigenvalue weighted by atomic mass is 9.98. The summed E-state index contributed by atoms with van der Waals surface area (Å²) in [6, 6.07) is 4.98. The van der Waals surface area contributed by atoms with Crippen molar-refractivity contribution in [3.05, 3.63) is 34.1 Å². The van der Waals surface area contributed by atoms with Crippen LogP contribution in [0.2, 0.25) is 0 Å². The van der Waals surface area contributed by atoms with Crippen LogP contribution >= 0.6 is 15.9 Å².